The van der Waals surface area contributed by atoms with Gasteiger partial charge >= 0.3 is 0 Å². The van der Waals surface area contributed by atoms with Crippen LogP contribution in [0.2, 0.25) is 0 Å². The number of anilines is 1. The van der Waals surface area contributed by atoms with Gasteiger partial charge in [0.25, 0.3) is 0 Å². The van der Waals surface area contributed by atoms with E-state index < -0.39 is 10.0 Å². The van der Waals surface area contributed by atoms with E-state index >= 15 is 0 Å². The fourth-order valence-corrected chi connectivity index (χ4v) is 3.51. The minimum Gasteiger partial charge on any atom is -0.457 e. The highest BCUT2D eigenvalue weighted by atomic mass is 32.2. The van der Waals surface area contributed by atoms with Crippen molar-refractivity contribution in [2.24, 2.45) is 0 Å². The lowest BCUT2D eigenvalue weighted by atomic mass is 10.1. The number of hydrogen-bond acceptors (Lipinski definition) is 3. The van der Waals surface area contributed by atoms with Crippen molar-refractivity contribution < 1.29 is 13.2 Å². The lowest BCUT2D eigenvalue weighted by Gasteiger charge is -2.12. The van der Waals surface area contributed by atoms with Gasteiger partial charge in [0.1, 0.15) is 11.5 Å². The van der Waals surface area contributed by atoms with Crippen molar-refractivity contribution >= 4 is 15.7 Å². The first-order valence-electron chi connectivity index (χ1n) is 8.26. The number of rotatable bonds is 8. The van der Waals surface area contributed by atoms with Crippen molar-refractivity contribution in [3.63, 3.8) is 0 Å². The molecule has 24 heavy (non-hydrogen) atoms. The van der Waals surface area contributed by atoms with E-state index in [0.29, 0.717) is 17.9 Å². The third-order valence-corrected chi connectivity index (χ3v) is 5.30. The van der Waals surface area contributed by atoms with Gasteiger partial charge in [-0.1, -0.05) is 31.9 Å². The fraction of sp³-hybridized carbons (Fsp3) is 0.368. The summed E-state index contributed by atoms with van der Waals surface area (Å²) in [5, 5.41) is 0. The topological polar surface area (TPSA) is 55.4 Å². The zero-order valence-corrected chi connectivity index (χ0v) is 15.3. The molecule has 0 bridgehead atoms. The van der Waals surface area contributed by atoms with Gasteiger partial charge in [0.05, 0.1) is 5.75 Å². The monoisotopic (exact) mass is 347 g/mol. The van der Waals surface area contributed by atoms with E-state index in [-0.39, 0.29) is 5.75 Å². The molecule has 0 aliphatic rings. The molecule has 0 saturated carbocycles. The molecule has 2 aromatic carbocycles. The second-order valence-corrected chi connectivity index (χ2v) is 7.79. The average molecular weight is 347 g/mol. The molecule has 0 fully saturated rings. The Bertz CT molecular complexity index is 768. The van der Waals surface area contributed by atoms with Gasteiger partial charge in [-0.3, -0.25) is 4.72 Å². The maximum absolute atomic E-state index is 12.0. The van der Waals surface area contributed by atoms with Crippen molar-refractivity contribution in [3.05, 3.63) is 53.6 Å². The van der Waals surface area contributed by atoms with Crippen molar-refractivity contribution in [2.75, 3.05) is 10.5 Å². The zero-order valence-electron chi connectivity index (χ0n) is 14.5. The molecule has 0 aromatic heterocycles. The predicted molar refractivity (Wildman–Crippen MR) is 99.4 cm³/mol. The molecule has 0 radical (unpaired) electrons. The number of benzene rings is 2. The Morgan fingerprint density at radius 2 is 1.71 bits per heavy atom. The molecule has 0 spiro atoms. The van der Waals surface area contributed by atoms with Crippen molar-refractivity contribution in [3.8, 4) is 11.5 Å². The summed E-state index contributed by atoms with van der Waals surface area (Å²) in [7, 11) is -3.28. The van der Waals surface area contributed by atoms with Crippen molar-refractivity contribution in [1.82, 2.24) is 0 Å². The van der Waals surface area contributed by atoms with Crippen LogP contribution in [0.15, 0.2) is 42.5 Å². The highest BCUT2D eigenvalue weighted by Crippen LogP contribution is 2.27. The van der Waals surface area contributed by atoms with Crippen molar-refractivity contribution in [2.45, 2.75) is 40.0 Å². The van der Waals surface area contributed by atoms with Gasteiger partial charge in [0.15, 0.2) is 0 Å². The molecule has 0 heterocycles. The van der Waals surface area contributed by atoms with E-state index in [0.717, 1.165) is 24.2 Å². The van der Waals surface area contributed by atoms with Crippen LogP contribution in [0.5, 0.6) is 11.5 Å². The quantitative estimate of drug-likeness (QED) is 0.682. The SMILES string of the molecule is CCCCCS(=O)(=O)Nc1ccc(Oc2cccc(C)c2C)cc1. The summed E-state index contributed by atoms with van der Waals surface area (Å²) in [6.45, 7) is 6.11. The molecular formula is C19H25NO3S. The van der Waals surface area contributed by atoms with Crippen LogP contribution in [-0.4, -0.2) is 14.2 Å². The largest absolute Gasteiger partial charge is 0.457 e. The van der Waals surface area contributed by atoms with Crippen LogP contribution in [0.3, 0.4) is 0 Å². The van der Waals surface area contributed by atoms with Gasteiger partial charge in [-0.2, -0.15) is 0 Å². The average Bonchev–Trinajstić information content (AvgIpc) is 2.53. The molecule has 4 nitrogen and oxygen atoms in total. The molecule has 2 rings (SSSR count). The van der Waals surface area contributed by atoms with Crippen molar-refractivity contribution in [1.29, 1.82) is 0 Å². The minimum absolute atomic E-state index is 0.154. The second-order valence-electron chi connectivity index (χ2n) is 5.95. The molecular weight excluding hydrogens is 322 g/mol. The van der Waals surface area contributed by atoms with Crippen LogP contribution in [0.1, 0.15) is 37.3 Å². The standard InChI is InChI=1S/C19H25NO3S/c1-4-5-6-14-24(21,22)20-17-10-12-18(13-11-17)23-19-9-7-8-15(2)16(19)3/h7-13,20H,4-6,14H2,1-3H3. The number of sulfonamides is 1. The Morgan fingerprint density at radius 3 is 2.38 bits per heavy atom. The van der Waals surface area contributed by atoms with E-state index in [1.807, 2.05) is 32.0 Å². The maximum Gasteiger partial charge on any atom is 0.232 e. The van der Waals surface area contributed by atoms with Crippen LogP contribution >= 0.6 is 0 Å². The third-order valence-electron chi connectivity index (χ3n) is 3.93. The first kappa shape index (κ1) is 18.3. The molecule has 2 aromatic rings. The van der Waals surface area contributed by atoms with Gasteiger partial charge in [0, 0.05) is 5.69 Å². The van der Waals surface area contributed by atoms with E-state index in [2.05, 4.69) is 11.6 Å². The molecule has 0 unspecified atom stereocenters. The van der Waals surface area contributed by atoms with Crippen LogP contribution in [-0.2, 0) is 10.0 Å². The van der Waals surface area contributed by atoms with Gasteiger partial charge in [-0.25, -0.2) is 8.42 Å². The fourth-order valence-electron chi connectivity index (χ4n) is 2.33. The van der Waals surface area contributed by atoms with E-state index in [9.17, 15) is 8.42 Å². The van der Waals surface area contributed by atoms with Crippen LogP contribution in [0.4, 0.5) is 5.69 Å². The number of nitrogens with one attached hydrogen (secondary N) is 1. The molecule has 0 aliphatic carbocycles. The number of hydrogen-bond donors (Lipinski definition) is 1. The zero-order chi connectivity index (χ0) is 17.6. The summed E-state index contributed by atoms with van der Waals surface area (Å²) in [4.78, 5) is 0. The Kier molecular flexibility index (Phi) is 6.26. The van der Waals surface area contributed by atoms with E-state index in [4.69, 9.17) is 4.74 Å². The predicted octanol–water partition coefficient (Wildman–Crippen LogP) is 5.03. The Balaban J connectivity index is 2.01. The number of ether oxygens (including phenoxy) is 1. The summed E-state index contributed by atoms with van der Waals surface area (Å²) in [6, 6.07) is 12.9. The minimum atomic E-state index is -3.28. The first-order valence-corrected chi connectivity index (χ1v) is 9.91. The molecule has 0 atom stereocenters. The van der Waals surface area contributed by atoms with Crippen LogP contribution in [0, 0.1) is 13.8 Å². The second kappa shape index (κ2) is 8.20. The Hall–Kier alpha value is -2.01. The van der Waals surface area contributed by atoms with Gasteiger partial charge in [-0.15, -0.1) is 0 Å². The van der Waals surface area contributed by atoms with Crippen LogP contribution in [0.25, 0.3) is 0 Å². The summed E-state index contributed by atoms with van der Waals surface area (Å²) >= 11 is 0. The summed E-state index contributed by atoms with van der Waals surface area (Å²) < 4.78 is 32.5. The van der Waals surface area contributed by atoms with E-state index in [1.165, 1.54) is 5.56 Å². The molecule has 0 saturated heterocycles. The third kappa shape index (κ3) is 5.27. The summed E-state index contributed by atoms with van der Waals surface area (Å²) in [6.07, 6.45) is 2.60. The number of unbranched alkanes of at least 4 members (excludes halogenated alkanes) is 2. The highest BCUT2D eigenvalue weighted by Gasteiger charge is 2.10. The lowest BCUT2D eigenvalue weighted by Crippen LogP contribution is -2.16. The molecule has 5 heteroatoms. The van der Waals surface area contributed by atoms with Gasteiger partial charge < -0.3 is 4.74 Å². The normalized spacial score (nSPS) is 11.3. The Labute approximate surface area is 144 Å². The highest BCUT2D eigenvalue weighted by molar-refractivity contribution is 7.92. The first-order chi connectivity index (χ1) is 11.4. The van der Waals surface area contributed by atoms with E-state index in [1.54, 1.807) is 24.3 Å². The molecule has 0 aliphatic heterocycles. The van der Waals surface area contributed by atoms with Gasteiger partial charge in [0.2, 0.25) is 10.0 Å². The summed E-state index contributed by atoms with van der Waals surface area (Å²) in [5.41, 5.74) is 2.82. The lowest BCUT2D eigenvalue weighted by molar-refractivity contribution is 0.478. The molecule has 1 N–H and O–H groups in total. The molecule has 130 valence electrons. The molecule has 0 amide bonds. The van der Waals surface area contributed by atoms with Crippen LogP contribution < -0.4 is 9.46 Å². The van der Waals surface area contributed by atoms with Gasteiger partial charge in [-0.05, 0) is 61.7 Å². The Morgan fingerprint density at radius 1 is 1.00 bits per heavy atom. The number of aryl methyl sites for hydroxylation is 1. The summed E-state index contributed by atoms with van der Waals surface area (Å²) in [5.74, 6) is 1.64. The smallest absolute Gasteiger partial charge is 0.232 e. The maximum atomic E-state index is 12.0.